The molecule has 0 radical (unpaired) electrons. The minimum Gasteiger partial charge on any atom is -0.350 e. The van der Waals surface area contributed by atoms with Crippen molar-refractivity contribution < 1.29 is 17.6 Å². The predicted molar refractivity (Wildman–Crippen MR) is 105 cm³/mol. The average Bonchev–Trinajstić information content (AvgIpc) is 2.65. The molecule has 1 N–H and O–H groups in total. The molecular formula is C19H20BrFN2O3S. The van der Waals surface area contributed by atoms with Gasteiger partial charge in [0.05, 0.1) is 11.5 Å². The third-order valence-corrected chi connectivity index (χ3v) is 6.95. The summed E-state index contributed by atoms with van der Waals surface area (Å²) in [4.78, 5) is 14.8. The fourth-order valence-electron chi connectivity index (χ4n) is 3.11. The summed E-state index contributed by atoms with van der Waals surface area (Å²) in [6.07, 6.45) is 0. The van der Waals surface area contributed by atoms with E-state index in [4.69, 9.17) is 0 Å². The molecule has 1 aliphatic rings. The van der Waals surface area contributed by atoms with E-state index in [9.17, 15) is 17.6 Å². The summed E-state index contributed by atoms with van der Waals surface area (Å²) >= 11 is 3.36. The van der Waals surface area contributed by atoms with Gasteiger partial charge < -0.3 is 5.32 Å². The maximum atomic E-state index is 13.5. The van der Waals surface area contributed by atoms with Gasteiger partial charge in [-0.2, -0.15) is 0 Å². The molecule has 1 unspecified atom stereocenters. The first-order valence-corrected chi connectivity index (χ1v) is 11.2. The van der Waals surface area contributed by atoms with Gasteiger partial charge >= 0.3 is 0 Å². The van der Waals surface area contributed by atoms with Gasteiger partial charge in [-0.3, -0.25) is 9.69 Å². The van der Waals surface area contributed by atoms with Gasteiger partial charge in [-0.1, -0.05) is 46.3 Å². The summed E-state index contributed by atoms with van der Waals surface area (Å²) in [5, 5.41) is 2.86. The molecule has 1 atom stereocenters. The molecule has 2 aromatic carbocycles. The highest BCUT2D eigenvalue weighted by Gasteiger charge is 2.32. The lowest BCUT2D eigenvalue weighted by molar-refractivity contribution is -0.126. The second-order valence-electron chi connectivity index (χ2n) is 6.45. The number of amides is 1. The fourth-order valence-corrected chi connectivity index (χ4v) is 4.72. The van der Waals surface area contributed by atoms with Crippen molar-refractivity contribution in [2.45, 2.75) is 12.6 Å². The van der Waals surface area contributed by atoms with Gasteiger partial charge in [0, 0.05) is 24.1 Å². The largest absolute Gasteiger partial charge is 0.350 e. The average molecular weight is 455 g/mol. The number of carbonyl (C=O) groups excluding carboxylic acids is 1. The Morgan fingerprint density at radius 2 is 1.81 bits per heavy atom. The van der Waals surface area contributed by atoms with E-state index >= 15 is 0 Å². The molecule has 0 spiro atoms. The van der Waals surface area contributed by atoms with Crippen LogP contribution in [-0.2, 0) is 21.2 Å². The molecule has 3 rings (SSSR count). The molecule has 0 aromatic heterocycles. The van der Waals surface area contributed by atoms with Crippen molar-refractivity contribution in [2.75, 3.05) is 24.6 Å². The summed E-state index contributed by atoms with van der Waals surface area (Å²) in [6, 6.07) is 13.0. The lowest BCUT2D eigenvalue weighted by Gasteiger charge is -2.33. The van der Waals surface area contributed by atoms with E-state index in [1.807, 2.05) is 35.2 Å². The molecule has 0 aliphatic carbocycles. The summed E-state index contributed by atoms with van der Waals surface area (Å²) in [5.41, 5.74) is 1.43. The van der Waals surface area contributed by atoms with E-state index in [0.29, 0.717) is 23.1 Å². The number of benzene rings is 2. The Labute approximate surface area is 166 Å². The molecule has 2 aromatic rings. The van der Waals surface area contributed by atoms with Crippen LogP contribution >= 0.6 is 15.9 Å². The van der Waals surface area contributed by atoms with Crippen LogP contribution < -0.4 is 5.32 Å². The normalized spacial score (nSPS) is 18.0. The minimum atomic E-state index is -3.04. The molecule has 144 valence electrons. The maximum Gasteiger partial charge on any atom is 0.242 e. The first-order valence-electron chi connectivity index (χ1n) is 8.57. The Kier molecular flexibility index (Phi) is 6.29. The number of halogens is 2. The van der Waals surface area contributed by atoms with Crippen LogP contribution in [0.15, 0.2) is 53.0 Å². The van der Waals surface area contributed by atoms with Crippen LogP contribution in [0.25, 0.3) is 0 Å². The van der Waals surface area contributed by atoms with Crippen molar-refractivity contribution in [1.82, 2.24) is 10.2 Å². The Hall–Kier alpha value is -1.77. The van der Waals surface area contributed by atoms with Crippen LogP contribution in [0.5, 0.6) is 0 Å². The van der Waals surface area contributed by atoms with Gasteiger partial charge in [-0.25, -0.2) is 12.8 Å². The van der Waals surface area contributed by atoms with Crippen LogP contribution in [0.3, 0.4) is 0 Å². The number of hydrogen-bond acceptors (Lipinski definition) is 4. The van der Waals surface area contributed by atoms with Crippen molar-refractivity contribution in [2.24, 2.45) is 0 Å². The number of nitrogens with zero attached hydrogens (tertiary/aromatic N) is 1. The van der Waals surface area contributed by atoms with Crippen molar-refractivity contribution >= 4 is 31.7 Å². The number of rotatable bonds is 5. The first-order chi connectivity index (χ1) is 12.9. The lowest BCUT2D eigenvalue weighted by Crippen LogP contribution is -2.47. The van der Waals surface area contributed by atoms with Crippen LogP contribution in [0.4, 0.5) is 4.39 Å². The third-order valence-electron chi connectivity index (χ3n) is 4.57. The number of carbonyl (C=O) groups is 1. The maximum absolute atomic E-state index is 13.5. The SMILES string of the molecule is O=C(NCc1cc(F)ccc1Br)C(c1ccccc1)N1CCS(=O)(=O)CC1. The molecule has 1 amide bonds. The highest BCUT2D eigenvalue weighted by molar-refractivity contribution is 9.10. The van der Waals surface area contributed by atoms with E-state index < -0.39 is 15.9 Å². The van der Waals surface area contributed by atoms with E-state index in [1.165, 1.54) is 12.1 Å². The molecule has 1 fully saturated rings. The topological polar surface area (TPSA) is 66.5 Å². The number of sulfone groups is 1. The standard InChI is InChI=1S/C19H20BrFN2O3S/c20-17-7-6-16(21)12-15(17)13-22-19(24)18(14-4-2-1-3-5-14)23-8-10-27(25,26)11-9-23/h1-7,12,18H,8-11,13H2,(H,22,24). The summed E-state index contributed by atoms with van der Waals surface area (Å²) in [6.45, 7) is 0.782. The van der Waals surface area contributed by atoms with Gasteiger partial charge in [0.1, 0.15) is 11.9 Å². The molecule has 1 saturated heterocycles. The highest BCUT2D eigenvalue weighted by atomic mass is 79.9. The minimum absolute atomic E-state index is 0.0407. The summed E-state index contributed by atoms with van der Waals surface area (Å²) in [5.74, 6) is -0.530. The second kappa shape index (κ2) is 8.50. The third kappa shape index (κ3) is 5.15. The van der Waals surface area contributed by atoms with Crippen molar-refractivity contribution in [3.63, 3.8) is 0 Å². The Balaban J connectivity index is 1.78. The van der Waals surface area contributed by atoms with E-state index in [2.05, 4.69) is 21.2 Å². The molecule has 1 heterocycles. The van der Waals surface area contributed by atoms with Gasteiger partial charge in [0.15, 0.2) is 9.84 Å². The van der Waals surface area contributed by atoms with Crippen LogP contribution in [0.1, 0.15) is 17.2 Å². The summed E-state index contributed by atoms with van der Waals surface area (Å²) in [7, 11) is -3.04. The fraction of sp³-hybridized carbons (Fsp3) is 0.316. The molecule has 5 nitrogen and oxygen atoms in total. The van der Waals surface area contributed by atoms with Crippen molar-refractivity contribution in [1.29, 1.82) is 0 Å². The van der Waals surface area contributed by atoms with Crippen molar-refractivity contribution in [3.05, 3.63) is 69.9 Å². The Morgan fingerprint density at radius 1 is 1.15 bits per heavy atom. The number of hydrogen-bond donors (Lipinski definition) is 1. The van der Waals surface area contributed by atoms with E-state index in [-0.39, 0.29) is 29.8 Å². The quantitative estimate of drug-likeness (QED) is 0.753. The molecule has 0 saturated carbocycles. The van der Waals surface area contributed by atoms with Crippen LogP contribution in [0.2, 0.25) is 0 Å². The van der Waals surface area contributed by atoms with E-state index in [1.54, 1.807) is 6.07 Å². The Bertz CT molecular complexity index is 908. The number of nitrogens with one attached hydrogen (secondary N) is 1. The first kappa shape index (κ1) is 20.0. The molecule has 8 heteroatoms. The van der Waals surface area contributed by atoms with Gasteiger partial charge in [-0.15, -0.1) is 0 Å². The lowest BCUT2D eigenvalue weighted by atomic mass is 10.0. The predicted octanol–water partition coefficient (Wildman–Crippen LogP) is 2.68. The van der Waals surface area contributed by atoms with Gasteiger partial charge in [0.25, 0.3) is 0 Å². The Morgan fingerprint density at radius 3 is 2.48 bits per heavy atom. The molecule has 27 heavy (non-hydrogen) atoms. The molecule has 0 bridgehead atoms. The van der Waals surface area contributed by atoms with Gasteiger partial charge in [0.2, 0.25) is 5.91 Å². The van der Waals surface area contributed by atoms with Crippen molar-refractivity contribution in [3.8, 4) is 0 Å². The smallest absolute Gasteiger partial charge is 0.242 e. The second-order valence-corrected chi connectivity index (χ2v) is 9.61. The molecular weight excluding hydrogens is 435 g/mol. The zero-order valence-corrected chi connectivity index (χ0v) is 17.0. The monoisotopic (exact) mass is 454 g/mol. The van der Waals surface area contributed by atoms with Crippen LogP contribution in [0, 0.1) is 5.82 Å². The highest BCUT2D eigenvalue weighted by Crippen LogP contribution is 2.24. The summed E-state index contributed by atoms with van der Waals surface area (Å²) < 4.78 is 37.6. The van der Waals surface area contributed by atoms with E-state index in [0.717, 1.165) is 5.56 Å². The zero-order chi connectivity index (χ0) is 19.4. The van der Waals surface area contributed by atoms with Gasteiger partial charge in [-0.05, 0) is 29.3 Å². The van der Waals surface area contributed by atoms with Crippen LogP contribution in [-0.4, -0.2) is 43.8 Å². The zero-order valence-electron chi connectivity index (χ0n) is 14.6. The molecule has 1 aliphatic heterocycles.